The number of ether oxygens (including phenoxy) is 1. The number of aliphatic hydroxyl groups excluding tert-OH is 3. The fourth-order valence-corrected chi connectivity index (χ4v) is 0.712. The highest BCUT2D eigenvalue weighted by Gasteiger charge is 2.37. The van der Waals surface area contributed by atoms with Gasteiger partial charge < -0.3 is 20.1 Å². The van der Waals surface area contributed by atoms with Crippen molar-refractivity contribution in [3.05, 3.63) is 11.5 Å². The Bertz CT molecular complexity index is 265. The first-order valence-electron chi connectivity index (χ1n) is 3.06. The summed E-state index contributed by atoms with van der Waals surface area (Å²) in [6.45, 7) is -0.736. The highest BCUT2D eigenvalue weighted by molar-refractivity contribution is 6.41. The third kappa shape index (κ3) is 1.17. The molecule has 0 bridgehead atoms. The van der Waals surface area contributed by atoms with Gasteiger partial charge in [0, 0.05) is 0 Å². The van der Waals surface area contributed by atoms with E-state index in [1.807, 2.05) is 0 Å². The third-order valence-electron chi connectivity index (χ3n) is 1.31. The van der Waals surface area contributed by atoms with Crippen molar-refractivity contribution in [2.45, 2.75) is 6.10 Å². The van der Waals surface area contributed by atoms with Gasteiger partial charge in [-0.3, -0.25) is 4.79 Å². The Hall–Kier alpha value is -1.40. The smallest absolute Gasteiger partial charge is 0.388 e. The standard InChI is InChI=1S/C6H6O6/c7-1-2(8)5-3(9)4(10)6(11)12-5/h2,7-9H,1H2. The minimum absolute atomic E-state index is 0.590. The Kier molecular flexibility index (Phi) is 2.11. The SMILES string of the molecule is O=C1OC(C(O)CO)=C(O)C1=O. The van der Waals surface area contributed by atoms with E-state index in [9.17, 15) is 9.59 Å². The molecule has 1 aliphatic heterocycles. The number of aliphatic hydroxyl groups is 3. The zero-order valence-electron chi connectivity index (χ0n) is 5.85. The molecule has 0 spiro atoms. The fourth-order valence-electron chi connectivity index (χ4n) is 0.712. The van der Waals surface area contributed by atoms with Gasteiger partial charge >= 0.3 is 11.8 Å². The van der Waals surface area contributed by atoms with Gasteiger partial charge in [0.05, 0.1) is 6.61 Å². The normalized spacial score (nSPS) is 19.8. The number of cyclic esters (lactones) is 1. The van der Waals surface area contributed by atoms with E-state index in [1.54, 1.807) is 0 Å². The largest absolute Gasteiger partial charge is 0.502 e. The van der Waals surface area contributed by atoms with Gasteiger partial charge in [-0.15, -0.1) is 0 Å². The zero-order chi connectivity index (χ0) is 9.30. The zero-order valence-corrected chi connectivity index (χ0v) is 5.85. The molecule has 1 atom stereocenters. The number of ketones is 1. The van der Waals surface area contributed by atoms with Crippen LogP contribution in [0.2, 0.25) is 0 Å². The predicted octanol–water partition coefficient (Wildman–Crippen LogP) is -1.76. The maximum atomic E-state index is 10.6. The van der Waals surface area contributed by atoms with Crippen molar-refractivity contribution >= 4 is 11.8 Å². The quantitative estimate of drug-likeness (QED) is 0.338. The first-order chi connectivity index (χ1) is 5.57. The third-order valence-corrected chi connectivity index (χ3v) is 1.31. The summed E-state index contributed by atoms with van der Waals surface area (Å²) in [6, 6.07) is 0. The first kappa shape index (κ1) is 8.69. The van der Waals surface area contributed by atoms with E-state index in [2.05, 4.69) is 4.74 Å². The molecule has 3 N–H and O–H groups in total. The van der Waals surface area contributed by atoms with E-state index >= 15 is 0 Å². The molecule has 0 amide bonds. The molecule has 0 fully saturated rings. The summed E-state index contributed by atoms with van der Waals surface area (Å²) in [5, 5.41) is 26.1. The van der Waals surface area contributed by atoms with Crippen molar-refractivity contribution in [2.75, 3.05) is 6.61 Å². The fraction of sp³-hybridized carbons (Fsp3) is 0.333. The second-order valence-electron chi connectivity index (χ2n) is 2.13. The molecular weight excluding hydrogens is 168 g/mol. The average molecular weight is 174 g/mol. The maximum Gasteiger partial charge on any atom is 0.388 e. The van der Waals surface area contributed by atoms with Crippen LogP contribution in [0.5, 0.6) is 0 Å². The molecule has 0 saturated heterocycles. The predicted molar refractivity (Wildman–Crippen MR) is 33.8 cm³/mol. The van der Waals surface area contributed by atoms with Gasteiger partial charge in [-0.1, -0.05) is 0 Å². The molecule has 1 rings (SSSR count). The maximum absolute atomic E-state index is 10.6. The number of carbonyl (C=O) groups is 2. The lowest BCUT2D eigenvalue weighted by Gasteiger charge is -2.05. The van der Waals surface area contributed by atoms with Crippen LogP contribution in [-0.2, 0) is 14.3 Å². The summed E-state index contributed by atoms with van der Waals surface area (Å²) >= 11 is 0. The molecule has 66 valence electrons. The Morgan fingerprint density at radius 1 is 1.42 bits per heavy atom. The van der Waals surface area contributed by atoms with Crippen molar-refractivity contribution in [1.29, 1.82) is 0 Å². The molecule has 6 nitrogen and oxygen atoms in total. The molecule has 0 radical (unpaired) electrons. The van der Waals surface area contributed by atoms with Gasteiger partial charge in [-0.2, -0.15) is 0 Å². The van der Waals surface area contributed by atoms with E-state index in [4.69, 9.17) is 15.3 Å². The Morgan fingerprint density at radius 2 is 2.00 bits per heavy atom. The van der Waals surface area contributed by atoms with E-state index in [0.717, 1.165) is 0 Å². The lowest BCUT2D eigenvalue weighted by molar-refractivity contribution is -0.147. The van der Waals surface area contributed by atoms with Gasteiger partial charge in [0.2, 0.25) is 5.76 Å². The topological polar surface area (TPSA) is 104 Å². The van der Waals surface area contributed by atoms with Crippen LogP contribution >= 0.6 is 0 Å². The second-order valence-corrected chi connectivity index (χ2v) is 2.13. The molecule has 0 saturated carbocycles. The van der Waals surface area contributed by atoms with E-state index in [0.29, 0.717) is 0 Å². The van der Waals surface area contributed by atoms with E-state index < -0.39 is 36.0 Å². The van der Waals surface area contributed by atoms with Gasteiger partial charge in [-0.05, 0) is 0 Å². The highest BCUT2D eigenvalue weighted by atomic mass is 16.6. The minimum Gasteiger partial charge on any atom is -0.502 e. The minimum atomic E-state index is -1.54. The van der Waals surface area contributed by atoms with Crippen molar-refractivity contribution in [2.24, 2.45) is 0 Å². The van der Waals surface area contributed by atoms with Crippen molar-refractivity contribution in [1.82, 2.24) is 0 Å². The molecule has 6 heteroatoms. The number of esters is 1. The van der Waals surface area contributed by atoms with Crippen LogP contribution in [-0.4, -0.2) is 39.8 Å². The summed E-state index contributed by atoms with van der Waals surface area (Å²) in [6.07, 6.45) is -1.54. The monoisotopic (exact) mass is 174 g/mol. The molecule has 1 heterocycles. The lowest BCUT2D eigenvalue weighted by atomic mass is 10.2. The summed E-state index contributed by atoms with van der Waals surface area (Å²) < 4.78 is 4.17. The van der Waals surface area contributed by atoms with Crippen LogP contribution in [0.3, 0.4) is 0 Å². The molecule has 1 unspecified atom stereocenters. The molecule has 1 aliphatic rings. The van der Waals surface area contributed by atoms with Crippen LogP contribution < -0.4 is 0 Å². The Labute approximate surface area is 66.7 Å². The average Bonchev–Trinajstić information content (AvgIpc) is 2.32. The van der Waals surface area contributed by atoms with Crippen molar-refractivity contribution in [3.8, 4) is 0 Å². The first-order valence-corrected chi connectivity index (χ1v) is 3.06. The number of carbonyl (C=O) groups excluding carboxylic acids is 2. The summed E-state index contributed by atoms with van der Waals surface area (Å²) in [5.74, 6) is -4.00. The van der Waals surface area contributed by atoms with Crippen LogP contribution in [0, 0.1) is 0 Å². The van der Waals surface area contributed by atoms with Gasteiger partial charge in [0.1, 0.15) is 6.10 Å². The Balaban J connectivity index is 2.92. The number of hydrogen-bond acceptors (Lipinski definition) is 6. The molecule has 0 aromatic rings. The molecular formula is C6H6O6. The summed E-state index contributed by atoms with van der Waals surface area (Å²) in [7, 11) is 0. The van der Waals surface area contributed by atoms with Crippen LogP contribution in [0.15, 0.2) is 11.5 Å². The number of rotatable bonds is 2. The van der Waals surface area contributed by atoms with E-state index in [-0.39, 0.29) is 0 Å². The summed E-state index contributed by atoms with van der Waals surface area (Å²) in [4.78, 5) is 21.0. The van der Waals surface area contributed by atoms with Crippen LogP contribution in [0.4, 0.5) is 0 Å². The van der Waals surface area contributed by atoms with Crippen LogP contribution in [0.25, 0.3) is 0 Å². The van der Waals surface area contributed by atoms with E-state index in [1.165, 1.54) is 0 Å². The Morgan fingerprint density at radius 3 is 2.33 bits per heavy atom. The summed E-state index contributed by atoms with van der Waals surface area (Å²) in [5.41, 5.74) is 0. The number of Topliss-reactive ketones (excluding diaryl/α,β-unsaturated/α-hetero) is 1. The van der Waals surface area contributed by atoms with Gasteiger partial charge in [-0.25, -0.2) is 4.79 Å². The second kappa shape index (κ2) is 2.92. The molecule has 0 aromatic heterocycles. The van der Waals surface area contributed by atoms with Crippen molar-refractivity contribution in [3.63, 3.8) is 0 Å². The lowest BCUT2D eigenvalue weighted by Crippen LogP contribution is -2.17. The molecule has 0 aliphatic carbocycles. The molecule has 0 aromatic carbocycles. The number of hydrogen-bond donors (Lipinski definition) is 3. The molecule has 12 heavy (non-hydrogen) atoms. The van der Waals surface area contributed by atoms with Crippen LogP contribution in [0.1, 0.15) is 0 Å². The highest BCUT2D eigenvalue weighted by Crippen LogP contribution is 2.17. The van der Waals surface area contributed by atoms with Gasteiger partial charge in [0.25, 0.3) is 0 Å². The van der Waals surface area contributed by atoms with Crippen molar-refractivity contribution < 1.29 is 29.6 Å². The van der Waals surface area contributed by atoms with Gasteiger partial charge in [0.15, 0.2) is 5.76 Å².